The zero-order chi connectivity index (χ0) is 22.7. The topological polar surface area (TPSA) is 62.7 Å². The summed E-state index contributed by atoms with van der Waals surface area (Å²) in [6.07, 6.45) is 3.75. The molecular formula is C26H33N3O3. The first-order chi connectivity index (χ1) is 15.5. The van der Waals surface area contributed by atoms with Crippen LogP contribution in [0.15, 0.2) is 36.4 Å². The Kier molecular flexibility index (Phi) is 6.77. The smallest absolute Gasteiger partial charge is 0.255 e. The van der Waals surface area contributed by atoms with Gasteiger partial charge in [0.25, 0.3) is 11.8 Å². The van der Waals surface area contributed by atoms with Crippen LogP contribution in [0, 0.1) is 12.8 Å². The SMILES string of the molecule is COc1ccc(C(=O)N2CCC(c3nc(C)ccc3C(=O)N3CCC(C)CC3)CC2)cc1. The number of amides is 2. The first kappa shape index (κ1) is 22.3. The average molecular weight is 436 g/mol. The van der Waals surface area contributed by atoms with Crippen LogP contribution in [0.1, 0.15) is 70.6 Å². The standard InChI is InChI=1S/C26H33N3O3/c1-18-10-14-29(15-11-18)26(31)23-9-4-19(2)27-24(23)20-12-16-28(17-13-20)25(30)21-5-7-22(32-3)8-6-21/h4-9,18,20H,10-17H2,1-3H3. The van der Waals surface area contributed by atoms with Crippen molar-refractivity contribution < 1.29 is 14.3 Å². The van der Waals surface area contributed by atoms with Crippen molar-refractivity contribution in [3.8, 4) is 5.75 Å². The molecule has 0 N–H and O–H groups in total. The van der Waals surface area contributed by atoms with E-state index in [0.29, 0.717) is 24.6 Å². The Hall–Kier alpha value is -2.89. The summed E-state index contributed by atoms with van der Waals surface area (Å²) >= 11 is 0. The van der Waals surface area contributed by atoms with Gasteiger partial charge in [-0.05, 0) is 74.9 Å². The molecule has 0 aliphatic carbocycles. The van der Waals surface area contributed by atoms with E-state index >= 15 is 0 Å². The summed E-state index contributed by atoms with van der Waals surface area (Å²) in [7, 11) is 1.62. The minimum Gasteiger partial charge on any atom is -0.497 e. The summed E-state index contributed by atoms with van der Waals surface area (Å²) in [4.78, 5) is 34.9. The Morgan fingerprint density at radius 3 is 2.09 bits per heavy atom. The number of carbonyl (C=O) groups excluding carboxylic acids is 2. The third kappa shape index (κ3) is 4.79. The fraction of sp³-hybridized carbons (Fsp3) is 0.500. The molecule has 0 bridgehead atoms. The molecule has 2 aliphatic heterocycles. The first-order valence-electron chi connectivity index (χ1n) is 11.7. The molecule has 2 amide bonds. The Morgan fingerprint density at radius 1 is 0.875 bits per heavy atom. The molecule has 170 valence electrons. The normalized spacial score (nSPS) is 18.0. The van der Waals surface area contributed by atoms with E-state index in [1.165, 1.54) is 0 Å². The van der Waals surface area contributed by atoms with E-state index in [2.05, 4.69) is 6.92 Å². The van der Waals surface area contributed by atoms with Crippen LogP contribution in [-0.4, -0.2) is 59.9 Å². The third-order valence-corrected chi connectivity index (χ3v) is 6.87. The van der Waals surface area contributed by atoms with Gasteiger partial charge in [-0.1, -0.05) is 6.92 Å². The quantitative estimate of drug-likeness (QED) is 0.719. The number of hydrogen-bond donors (Lipinski definition) is 0. The molecule has 4 rings (SSSR count). The number of aryl methyl sites for hydroxylation is 1. The zero-order valence-electron chi connectivity index (χ0n) is 19.3. The third-order valence-electron chi connectivity index (χ3n) is 6.87. The minimum atomic E-state index is 0.0436. The van der Waals surface area contributed by atoms with Gasteiger partial charge in [0.2, 0.25) is 0 Å². The highest BCUT2D eigenvalue weighted by atomic mass is 16.5. The van der Waals surface area contributed by atoms with Gasteiger partial charge in [0, 0.05) is 43.4 Å². The second-order valence-corrected chi connectivity index (χ2v) is 9.16. The van der Waals surface area contributed by atoms with Crippen molar-refractivity contribution in [2.24, 2.45) is 5.92 Å². The molecule has 1 aromatic carbocycles. The molecule has 6 heteroatoms. The largest absolute Gasteiger partial charge is 0.497 e. The number of piperidine rings is 2. The molecule has 2 saturated heterocycles. The van der Waals surface area contributed by atoms with E-state index in [9.17, 15) is 9.59 Å². The molecular weight excluding hydrogens is 402 g/mol. The molecule has 2 fully saturated rings. The number of nitrogens with zero attached hydrogens (tertiary/aromatic N) is 3. The number of ether oxygens (including phenoxy) is 1. The zero-order valence-corrected chi connectivity index (χ0v) is 19.3. The average Bonchev–Trinajstić information content (AvgIpc) is 2.84. The molecule has 3 heterocycles. The van der Waals surface area contributed by atoms with E-state index in [-0.39, 0.29) is 17.7 Å². The Balaban J connectivity index is 1.45. The van der Waals surface area contributed by atoms with E-state index in [4.69, 9.17) is 9.72 Å². The van der Waals surface area contributed by atoms with Crippen molar-refractivity contribution in [2.45, 2.75) is 45.4 Å². The van der Waals surface area contributed by atoms with E-state index in [0.717, 1.165) is 61.5 Å². The Labute approximate surface area is 190 Å². The van der Waals surface area contributed by atoms with Gasteiger partial charge in [-0.3, -0.25) is 14.6 Å². The molecule has 2 aliphatic rings. The first-order valence-corrected chi connectivity index (χ1v) is 11.7. The van der Waals surface area contributed by atoms with Crippen LogP contribution in [0.3, 0.4) is 0 Å². The van der Waals surface area contributed by atoms with Gasteiger partial charge in [0.15, 0.2) is 0 Å². The fourth-order valence-electron chi connectivity index (χ4n) is 4.72. The second-order valence-electron chi connectivity index (χ2n) is 9.16. The van der Waals surface area contributed by atoms with Gasteiger partial charge in [0.1, 0.15) is 5.75 Å². The molecule has 1 aromatic heterocycles. The fourth-order valence-corrected chi connectivity index (χ4v) is 4.72. The summed E-state index contributed by atoms with van der Waals surface area (Å²) in [6.45, 7) is 7.20. The maximum absolute atomic E-state index is 13.3. The van der Waals surface area contributed by atoms with E-state index < -0.39 is 0 Å². The van der Waals surface area contributed by atoms with Gasteiger partial charge in [-0.25, -0.2) is 0 Å². The minimum absolute atomic E-state index is 0.0436. The van der Waals surface area contributed by atoms with Crippen molar-refractivity contribution in [3.63, 3.8) is 0 Å². The van der Waals surface area contributed by atoms with Crippen molar-refractivity contribution in [3.05, 3.63) is 58.9 Å². The second kappa shape index (κ2) is 9.72. The van der Waals surface area contributed by atoms with Crippen LogP contribution >= 0.6 is 0 Å². The van der Waals surface area contributed by atoms with Crippen LogP contribution in [0.25, 0.3) is 0 Å². The predicted molar refractivity (Wildman–Crippen MR) is 124 cm³/mol. The van der Waals surface area contributed by atoms with Gasteiger partial charge < -0.3 is 14.5 Å². The molecule has 0 saturated carbocycles. The van der Waals surface area contributed by atoms with Crippen molar-refractivity contribution >= 4 is 11.8 Å². The monoisotopic (exact) mass is 435 g/mol. The van der Waals surface area contributed by atoms with Crippen molar-refractivity contribution in [1.82, 2.24) is 14.8 Å². The van der Waals surface area contributed by atoms with Crippen molar-refractivity contribution in [2.75, 3.05) is 33.3 Å². The molecule has 0 atom stereocenters. The maximum atomic E-state index is 13.3. The number of carbonyl (C=O) groups is 2. The van der Waals surface area contributed by atoms with Gasteiger partial charge >= 0.3 is 0 Å². The van der Waals surface area contributed by atoms with Gasteiger partial charge in [-0.2, -0.15) is 0 Å². The lowest BCUT2D eigenvalue weighted by atomic mass is 9.89. The number of methoxy groups -OCH3 is 1. The highest BCUT2D eigenvalue weighted by Gasteiger charge is 2.30. The Morgan fingerprint density at radius 2 is 1.47 bits per heavy atom. The number of aromatic nitrogens is 1. The number of hydrogen-bond acceptors (Lipinski definition) is 4. The summed E-state index contributed by atoms with van der Waals surface area (Å²) in [5.41, 5.74) is 3.25. The van der Waals surface area contributed by atoms with Gasteiger partial charge in [-0.15, -0.1) is 0 Å². The summed E-state index contributed by atoms with van der Waals surface area (Å²) in [5.74, 6) is 1.77. The summed E-state index contributed by atoms with van der Waals surface area (Å²) < 4.78 is 5.18. The summed E-state index contributed by atoms with van der Waals surface area (Å²) in [5, 5.41) is 0. The maximum Gasteiger partial charge on any atom is 0.255 e. The van der Waals surface area contributed by atoms with Crippen molar-refractivity contribution in [1.29, 1.82) is 0 Å². The lowest BCUT2D eigenvalue weighted by Crippen LogP contribution is -2.40. The number of pyridine rings is 1. The van der Waals surface area contributed by atoms with Crippen LogP contribution in [0.2, 0.25) is 0 Å². The number of benzene rings is 1. The number of rotatable bonds is 4. The van der Waals surface area contributed by atoms with E-state index in [1.54, 1.807) is 7.11 Å². The molecule has 32 heavy (non-hydrogen) atoms. The summed E-state index contributed by atoms with van der Waals surface area (Å²) in [6, 6.07) is 11.1. The Bertz CT molecular complexity index is 957. The van der Waals surface area contributed by atoms with Crippen LogP contribution in [0.4, 0.5) is 0 Å². The van der Waals surface area contributed by atoms with Crippen LogP contribution in [0.5, 0.6) is 5.75 Å². The van der Waals surface area contributed by atoms with Gasteiger partial charge in [0.05, 0.1) is 18.4 Å². The van der Waals surface area contributed by atoms with Crippen LogP contribution < -0.4 is 4.74 Å². The number of likely N-dealkylation sites (tertiary alicyclic amines) is 2. The molecule has 0 unspecified atom stereocenters. The molecule has 0 spiro atoms. The molecule has 0 radical (unpaired) electrons. The lowest BCUT2D eigenvalue weighted by molar-refractivity contribution is 0.0681. The van der Waals surface area contributed by atoms with Crippen LogP contribution in [-0.2, 0) is 0 Å². The molecule has 2 aromatic rings. The predicted octanol–water partition coefficient (Wildman–Crippen LogP) is 4.29. The molecule has 6 nitrogen and oxygen atoms in total. The lowest BCUT2D eigenvalue weighted by Gasteiger charge is -2.34. The highest BCUT2D eigenvalue weighted by Crippen LogP contribution is 2.31. The highest BCUT2D eigenvalue weighted by molar-refractivity contribution is 5.96. The van der Waals surface area contributed by atoms with E-state index in [1.807, 2.05) is 53.1 Å².